The van der Waals surface area contributed by atoms with E-state index in [2.05, 4.69) is 41.9 Å². The first-order valence-corrected chi connectivity index (χ1v) is 7.98. The number of aryl methyl sites for hydroxylation is 2. The second-order valence-corrected chi connectivity index (χ2v) is 6.24. The number of amides is 1. The molecular weight excluding hydrogens is 328 g/mol. The van der Waals surface area contributed by atoms with E-state index in [0.717, 1.165) is 23.1 Å². The van der Waals surface area contributed by atoms with Crippen molar-refractivity contribution >= 4 is 21.8 Å². The first-order chi connectivity index (χ1) is 10.0. The largest absolute Gasteiger partial charge is 0.342 e. The fourth-order valence-electron chi connectivity index (χ4n) is 2.39. The molecule has 0 saturated heterocycles. The van der Waals surface area contributed by atoms with E-state index in [0.29, 0.717) is 6.54 Å². The third kappa shape index (κ3) is 3.76. The summed E-state index contributed by atoms with van der Waals surface area (Å²) in [6, 6.07) is 10.1. The highest BCUT2D eigenvalue weighted by Gasteiger charge is 2.17. The van der Waals surface area contributed by atoms with Crippen molar-refractivity contribution in [2.75, 3.05) is 7.05 Å². The molecule has 1 heterocycles. The van der Waals surface area contributed by atoms with Gasteiger partial charge in [-0.1, -0.05) is 31.2 Å². The Balaban J connectivity index is 2.18. The van der Waals surface area contributed by atoms with Crippen LogP contribution in [0.5, 0.6) is 0 Å². The molecule has 0 radical (unpaired) electrons. The molecule has 1 aromatic carbocycles. The van der Waals surface area contributed by atoms with Crippen LogP contribution in [0, 0.1) is 6.92 Å². The third-order valence-corrected chi connectivity index (χ3v) is 4.00. The lowest BCUT2D eigenvalue weighted by molar-refractivity contribution is 0.0774. The van der Waals surface area contributed by atoms with Gasteiger partial charge >= 0.3 is 0 Å². The van der Waals surface area contributed by atoms with Crippen LogP contribution in [0.1, 0.15) is 35.0 Å². The molecule has 1 aromatic heterocycles. The zero-order valence-corrected chi connectivity index (χ0v) is 14.4. The lowest BCUT2D eigenvalue weighted by atomic mass is 10.1. The van der Waals surface area contributed by atoms with E-state index in [4.69, 9.17) is 0 Å². The summed E-state index contributed by atoms with van der Waals surface area (Å²) in [6.45, 7) is 5.66. The molecule has 0 aliphatic rings. The Morgan fingerprint density at radius 3 is 2.71 bits per heavy atom. The van der Waals surface area contributed by atoms with Gasteiger partial charge in [-0.25, -0.2) is 0 Å². The first-order valence-electron chi connectivity index (χ1n) is 7.18. The Labute approximate surface area is 134 Å². The maximum Gasteiger partial charge on any atom is 0.270 e. The maximum absolute atomic E-state index is 12.7. The van der Waals surface area contributed by atoms with Crippen molar-refractivity contribution in [2.45, 2.75) is 33.4 Å². The molecule has 1 amide bonds. The van der Waals surface area contributed by atoms with E-state index in [1.165, 1.54) is 11.1 Å². The van der Waals surface area contributed by atoms with E-state index >= 15 is 0 Å². The number of benzene rings is 1. The second kappa shape index (κ2) is 6.94. The third-order valence-electron chi connectivity index (χ3n) is 3.56. The van der Waals surface area contributed by atoms with Gasteiger partial charge in [0.25, 0.3) is 5.91 Å². The summed E-state index contributed by atoms with van der Waals surface area (Å²) < 4.78 is 2.96. The normalized spacial score (nSPS) is 10.7. The summed E-state index contributed by atoms with van der Waals surface area (Å²) in [5, 5.41) is 0. The van der Waals surface area contributed by atoms with Gasteiger partial charge in [0.05, 0.1) is 0 Å². The summed E-state index contributed by atoms with van der Waals surface area (Å²) >= 11 is 3.46. The molecule has 0 atom stereocenters. The van der Waals surface area contributed by atoms with E-state index in [-0.39, 0.29) is 5.91 Å². The van der Waals surface area contributed by atoms with Crippen molar-refractivity contribution in [3.63, 3.8) is 0 Å². The summed E-state index contributed by atoms with van der Waals surface area (Å²) in [5.41, 5.74) is 3.13. The monoisotopic (exact) mass is 348 g/mol. The van der Waals surface area contributed by atoms with Crippen molar-refractivity contribution in [2.24, 2.45) is 0 Å². The Hall–Kier alpha value is -1.55. The fourth-order valence-corrected chi connectivity index (χ4v) is 2.85. The first kappa shape index (κ1) is 15.8. The quantitative estimate of drug-likeness (QED) is 0.793. The molecule has 3 nitrogen and oxygen atoms in total. The smallest absolute Gasteiger partial charge is 0.270 e. The minimum absolute atomic E-state index is 0.0532. The summed E-state index contributed by atoms with van der Waals surface area (Å²) in [7, 11) is 1.85. The fraction of sp³-hybridized carbons (Fsp3) is 0.353. The highest BCUT2D eigenvalue weighted by atomic mass is 79.9. The van der Waals surface area contributed by atoms with E-state index in [1.54, 1.807) is 4.90 Å². The van der Waals surface area contributed by atoms with Gasteiger partial charge in [-0.2, -0.15) is 0 Å². The van der Waals surface area contributed by atoms with E-state index < -0.39 is 0 Å². The van der Waals surface area contributed by atoms with Crippen molar-refractivity contribution in [3.8, 4) is 0 Å². The molecule has 21 heavy (non-hydrogen) atoms. The lowest BCUT2D eigenvalue weighted by Crippen LogP contribution is -2.28. The van der Waals surface area contributed by atoms with Gasteiger partial charge in [0, 0.05) is 30.8 Å². The number of rotatable bonds is 5. The molecule has 0 bridgehead atoms. The Morgan fingerprint density at radius 1 is 1.33 bits per heavy atom. The van der Waals surface area contributed by atoms with Gasteiger partial charge in [-0.3, -0.25) is 4.79 Å². The SMILES string of the molecule is CCCn1cc(Br)cc1C(=O)N(C)Cc1ccccc1C. The molecule has 0 unspecified atom stereocenters. The highest BCUT2D eigenvalue weighted by Crippen LogP contribution is 2.18. The topological polar surface area (TPSA) is 25.2 Å². The molecule has 2 aromatic rings. The van der Waals surface area contributed by atoms with Gasteiger partial charge in [0.2, 0.25) is 0 Å². The van der Waals surface area contributed by atoms with Crippen LogP contribution in [0.2, 0.25) is 0 Å². The average Bonchev–Trinajstić information content (AvgIpc) is 2.81. The van der Waals surface area contributed by atoms with Gasteiger partial charge in [-0.15, -0.1) is 0 Å². The molecule has 112 valence electrons. The number of aromatic nitrogens is 1. The lowest BCUT2D eigenvalue weighted by Gasteiger charge is -2.19. The van der Waals surface area contributed by atoms with Crippen LogP contribution in [-0.2, 0) is 13.1 Å². The van der Waals surface area contributed by atoms with Crippen LogP contribution in [0.15, 0.2) is 41.0 Å². The molecule has 0 spiro atoms. The molecule has 4 heteroatoms. The summed E-state index contributed by atoms with van der Waals surface area (Å²) in [4.78, 5) is 14.4. The van der Waals surface area contributed by atoms with Crippen molar-refractivity contribution in [1.29, 1.82) is 0 Å². The predicted molar refractivity (Wildman–Crippen MR) is 89.4 cm³/mol. The number of halogens is 1. The van der Waals surface area contributed by atoms with Gasteiger partial charge < -0.3 is 9.47 Å². The zero-order chi connectivity index (χ0) is 15.4. The molecule has 0 saturated carbocycles. The number of hydrogen-bond acceptors (Lipinski definition) is 1. The summed E-state index contributed by atoms with van der Waals surface area (Å²) in [5.74, 6) is 0.0532. The predicted octanol–water partition coefficient (Wildman–Crippen LogP) is 4.24. The number of carbonyl (C=O) groups excluding carboxylic acids is 1. The Morgan fingerprint density at radius 2 is 2.05 bits per heavy atom. The number of carbonyl (C=O) groups is 1. The van der Waals surface area contributed by atoms with Crippen LogP contribution >= 0.6 is 15.9 Å². The minimum Gasteiger partial charge on any atom is -0.342 e. The molecule has 0 aliphatic carbocycles. The van der Waals surface area contributed by atoms with Crippen molar-refractivity contribution in [1.82, 2.24) is 9.47 Å². The van der Waals surface area contributed by atoms with Gasteiger partial charge in [-0.05, 0) is 46.5 Å². The van der Waals surface area contributed by atoms with E-state index in [9.17, 15) is 4.79 Å². The minimum atomic E-state index is 0.0532. The Bertz CT molecular complexity index is 633. The maximum atomic E-state index is 12.7. The Kier molecular flexibility index (Phi) is 5.23. The van der Waals surface area contributed by atoms with Crippen molar-refractivity contribution < 1.29 is 4.79 Å². The zero-order valence-electron chi connectivity index (χ0n) is 12.8. The van der Waals surface area contributed by atoms with E-state index in [1.807, 2.05) is 36.0 Å². The molecule has 0 N–H and O–H groups in total. The number of hydrogen-bond donors (Lipinski definition) is 0. The summed E-state index contributed by atoms with van der Waals surface area (Å²) in [6.07, 6.45) is 2.97. The highest BCUT2D eigenvalue weighted by molar-refractivity contribution is 9.10. The van der Waals surface area contributed by atoms with Gasteiger partial charge in [0.15, 0.2) is 0 Å². The van der Waals surface area contributed by atoms with Crippen LogP contribution in [0.25, 0.3) is 0 Å². The average molecular weight is 349 g/mol. The van der Waals surface area contributed by atoms with Crippen molar-refractivity contribution in [3.05, 3.63) is 57.8 Å². The van der Waals surface area contributed by atoms with Crippen LogP contribution in [-0.4, -0.2) is 22.4 Å². The van der Waals surface area contributed by atoms with Crippen LogP contribution in [0.4, 0.5) is 0 Å². The van der Waals surface area contributed by atoms with Crippen LogP contribution in [0.3, 0.4) is 0 Å². The molecule has 0 fully saturated rings. The molecular formula is C17H21BrN2O. The second-order valence-electron chi connectivity index (χ2n) is 5.32. The van der Waals surface area contributed by atoms with Gasteiger partial charge in [0.1, 0.15) is 5.69 Å². The number of nitrogens with zero attached hydrogens (tertiary/aromatic N) is 2. The van der Waals surface area contributed by atoms with Crippen LogP contribution < -0.4 is 0 Å². The molecule has 2 rings (SSSR count). The molecule has 0 aliphatic heterocycles. The standard InChI is InChI=1S/C17H21BrN2O/c1-4-9-20-12-15(18)10-16(20)17(21)19(3)11-14-8-6-5-7-13(14)2/h5-8,10,12H,4,9,11H2,1-3H3.